The molecule has 0 radical (unpaired) electrons. The Bertz CT molecular complexity index is 649. The number of hydrogen-bond acceptors (Lipinski definition) is 3. The Labute approximate surface area is 157 Å². The van der Waals surface area contributed by atoms with Crippen molar-refractivity contribution < 1.29 is 0 Å². The fourth-order valence-corrected chi connectivity index (χ4v) is 8.30. The number of fused-ring (bicyclic) bond motifs is 2. The Morgan fingerprint density at radius 1 is 0.846 bits per heavy atom. The first-order chi connectivity index (χ1) is 12.7. The lowest BCUT2D eigenvalue weighted by Gasteiger charge is -2.63. The van der Waals surface area contributed by atoms with Gasteiger partial charge in [-0.1, -0.05) is 12.1 Å². The highest BCUT2D eigenvalue weighted by Gasteiger charge is 2.58. The van der Waals surface area contributed by atoms with Crippen LogP contribution in [-0.2, 0) is 0 Å². The van der Waals surface area contributed by atoms with Crippen molar-refractivity contribution in [3.8, 4) is 0 Å². The summed E-state index contributed by atoms with van der Waals surface area (Å²) in [6.45, 7) is 0. The lowest BCUT2D eigenvalue weighted by Crippen LogP contribution is -2.65. The lowest BCUT2D eigenvalue weighted by atomic mass is 9.52. The molecule has 6 bridgehead atoms. The van der Waals surface area contributed by atoms with Crippen LogP contribution in [0.4, 0.5) is 11.4 Å². The highest BCUT2D eigenvalue weighted by Crippen LogP contribution is 2.60. The minimum Gasteiger partial charge on any atom is -0.397 e. The topological polar surface area (TPSA) is 41.3 Å². The third-order valence-electron chi connectivity index (χ3n) is 8.61. The molecule has 1 aromatic rings. The van der Waals surface area contributed by atoms with Crippen molar-refractivity contribution in [2.24, 2.45) is 17.8 Å². The molecule has 7 rings (SSSR count). The summed E-state index contributed by atoms with van der Waals surface area (Å²) in [6, 6.07) is 10.5. The Balaban J connectivity index is 1.22. The quantitative estimate of drug-likeness (QED) is 0.779. The van der Waals surface area contributed by atoms with Gasteiger partial charge in [-0.15, -0.1) is 0 Å². The largest absolute Gasteiger partial charge is 0.397 e. The van der Waals surface area contributed by atoms with Crippen LogP contribution >= 0.6 is 0 Å². The number of rotatable bonds is 3. The molecule has 1 unspecified atom stereocenters. The molecular formula is C23H33N3. The Hall–Kier alpha value is -1.22. The summed E-state index contributed by atoms with van der Waals surface area (Å²) in [5.74, 6) is 3.17. The van der Waals surface area contributed by atoms with E-state index in [1.165, 1.54) is 44.9 Å². The molecule has 0 amide bonds. The van der Waals surface area contributed by atoms with Gasteiger partial charge < -0.3 is 11.1 Å². The van der Waals surface area contributed by atoms with Crippen molar-refractivity contribution in [3.63, 3.8) is 0 Å². The molecule has 2 heterocycles. The normalized spacial score (nSPS) is 46.6. The molecule has 0 aromatic heterocycles. The summed E-state index contributed by atoms with van der Waals surface area (Å²) >= 11 is 0. The van der Waals surface area contributed by atoms with E-state index in [2.05, 4.69) is 22.3 Å². The average molecular weight is 352 g/mol. The molecule has 140 valence electrons. The van der Waals surface area contributed by atoms with Gasteiger partial charge in [0, 0.05) is 23.7 Å². The van der Waals surface area contributed by atoms with Gasteiger partial charge in [-0.3, -0.25) is 4.90 Å². The van der Waals surface area contributed by atoms with Crippen LogP contribution in [0, 0.1) is 17.8 Å². The van der Waals surface area contributed by atoms with Crippen LogP contribution in [-0.4, -0.2) is 28.6 Å². The minimum atomic E-state index is 0.595. The van der Waals surface area contributed by atoms with Gasteiger partial charge in [-0.25, -0.2) is 0 Å². The van der Waals surface area contributed by atoms with Gasteiger partial charge in [0.2, 0.25) is 0 Å². The number of benzene rings is 1. The first-order valence-electron chi connectivity index (χ1n) is 11.1. The molecule has 2 aliphatic heterocycles. The zero-order chi connectivity index (χ0) is 17.3. The van der Waals surface area contributed by atoms with E-state index in [1.54, 1.807) is 19.3 Å². The molecule has 2 saturated heterocycles. The van der Waals surface area contributed by atoms with Crippen LogP contribution < -0.4 is 11.1 Å². The van der Waals surface area contributed by atoms with Crippen LogP contribution in [0.2, 0.25) is 0 Å². The summed E-state index contributed by atoms with van der Waals surface area (Å²) in [5.41, 5.74) is 8.81. The highest BCUT2D eigenvalue weighted by atomic mass is 15.3. The Kier molecular flexibility index (Phi) is 3.43. The predicted octanol–water partition coefficient (Wildman–Crippen LogP) is 4.64. The standard InChI is InChI=1S/C23H33N3/c24-21-3-1-2-4-22(21)25-18-10-19-5-6-20(11-18)26(19)23-12-15-7-16(13-23)9-17(8-15)14-23/h1-4,15-20,25H,5-14,24H2/t15?,16?,17?,18?,19-,20+,23?. The first-order valence-corrected chi connectivity index (χ1v) is 11.1. The molecular weight excluding hydrogens is 318 g/mol. The van der Waals surface area contributed by atoms with E-state index in [-0.39, 0.29) is 0 Å². The van der Waals surface area contributed by atoms with Gasteiger partial charge in [0.05, 0.1) is 11.4 Å². The van der Waals surface area contributed by atoms with Crippen LogP contribution in [0.3, 0.4) is 0 Å². The summed E-state index contributed by atoms with van der Waals surface area (Å²) < 4.78 is 0. The number of nitrogens with two attached hydrogens (primary N) is 1. The third-order valence-corrected chi connectivity index (χ3v) is 8.61. The van der Waals surface area contributed by atoms with Crippen molar-refractivity contribution in [2.45, 2.75) is 87.9 Å². The number of para-hydroxylation sites is 2. The van der Waals surface area contributed by atoms with E-state index >= 15 is 0 Å². The maximum absolute atomic E-state index is 6.18. The second-order valence-electron chi connectivity index (χ2n) is 10.3. The molecule has 6 fully saturated rings. The number of piperidine rings is 1. The maximum atomic E-state index is 6.18. The number of nitrogens with one attached hydrogen (secondary N) is 1. The van der Waals surface area contributed by atoms with Crippen LogP contribution in [0.1, 0.15) is 64.2 Å². The number of nitrogen functional groups attached to an aromatic ring is 1. The molecule has 6 aliphatic rings. The Morgan fingerprint density at radius 3 is 2.00 bits per heavy atom. The van der Waals surface area contributed by atoms with Crippen molar-refractivity contribution in [2.75, 3.05) is 11.1 Å². The third kappa shape index (κ3) is 2.35. The van der Waals surface area contributed by atoms with Crippen molar-refractivity contribution in [1.29, 1.82) is 0 Å². The second kappa shape index (κ2) is 5.64. The molecule has 4 saturated carbocycles. The monoisotopic (exact) mass is 351 g/mol. The molecule has 1 aromatic carbocycles. The SMILES string of the molecule is Nc1ccccc1NC1C[C@H]2CC[C@@H](C1)N2C12CC3CC(CC(C3)C1)C2. The van der Waals surface area contributed by atoms with Crippen molar-refractivity contribution in [3.05, 3.63) is 24.3 Å². The van der Waals surface area contributed by atoms with Gasteiger partial charge in [-0.2, -0.15) is 0 Å². The zero-order valence-corrected chi connectivity index (χ0v) is 15.9. The summed E-state index contributed by atoms with van der Waals surface area (Å²) in [4.78, 5) is 3.10. The summed E-state index contributed by atoms with van der Waals surface area (Å²) in [6.07, 6.45) is 14.7. The van der Waals surface area contributed by atoms with E-state index in [1.807, 2.05) is 12.1 Å². The number of hydrogen-bond donors (Lipinski definition) is 2. The van der Waals surface area contributed by atoms with Gasteiger partial charge >= 0.3 is 0 Å². The average Bonchev–Trinajstić information content (AvgIpc) is 2.88. The fourth-order valence-electron chi connectivity index (χ4n) is 8.30. The van der Waals surface area contributed by atoms with Gasteiger partial charge in [0.1, 0.15) is 0 Å². The van der Waals surface area contributed by atoms with E-state index in [4.69, 9.17) is 5.73 Å². The molecule has 3 atom stereocenters. The number of nitrogens with zero attached hydrogens (tertiary/aromatic N) is 1. The van der Waals surface area contributed by atoms with Gasteiger partial charge in [0.15, 0.2) is 0 Å². The number of anilines is 2. The van der Waals surface area contributed by atoms with Gasteiger partial charge in [-0.05, 0) is 94.1 Å². The Morgan fingerprint density at radius 2 is 1.42 bits per heavy atom. The lowest BCUT2D eigenvalue weighted by molar-refractivity contribution is -0.117. The van der Waals surface area contributed by atoms with Crippen LogP contribution in [0.5, 0.6) is 0 Å². The zero-order valence-electron chi connectivity index (χ0n) is 15.9. The molecule has 3 nitrogen and oxygen atoms in total. The molecule has 0 spiro atoms. The van der Waals surface area contributed by atoms with E-state index in [9.17, 15) is 0 Å². The molecule has 4 aliphatic carbocycles. The maximum Gasteiger partial charge on any atom is 0.0576 e. The molecule has 26 heavy (non-hydrogen) atoms. The van der Waals surface area contributed by atoms with Crippen LogP contribution in [0.25, 0.3) is 0 Å². The van der Waals surface area contributed by atoms with Crippen molar-refractivity contribution >= 4 is 11.4 Å². The molecule has 3 N–H and O–H groups in total. The fraction of sp³-hybridized carbons (Fsp3) is 0.739. The predicted molar refractivity (Wildman–Crippen MR) is 107 cm³/mol. The van der Waals surface area contributed by atoms with Crippen molar-refractivity contribution in [1.82, 2.24) is 4.90 Å². The minimum absolute atomic E-state index is 0.595. The first kappa shape index (κ1) is 15.8. The van der Waals surface area contributed by atoms with E-state index in [0.717, 1.165) is 41.2 Å². The van der Waals surface area contributed by atoms with E-state index < -0.39 is 0 Å². The summed E-state index contributed by atoms with van der Waals surface area (Å²) in [7, 11) is 0. The second-order valence-corrected chi connectivity index (χ2v) is 10.3. The summed E-state index contributed by atoms with van der Waals surface area (Å²) in [5, 5.41) is 3.79. The van der Waals surface area contributed by atoms with Crippen LogP contribution in [0.15, 0.2) is 24.3 Å². The highest BCUT2D eigenvalue weighted by molar-refractivity contribution is 5.66. The molecule has 3 heteroatoms. The smallest absolute Gasteiger partial charge is 0.0576 e. The van der Waals surface area contributed by atoms with E-state index in [0.29, 0.717) is 11.6 Å². The van der Waals surface area contributed by atoms with Gasteiger partial charge in [0.25, 0.3) is 0 Å².